The van der Waals surface area contributed by atoms with E-state index in [0.717, 1.165) is 0 Å². The van der Waals surface area contributed by atoms with Gasteiger partial charge in [0.15, 0.2) is 0 Å². The van der Waals surface area contributed by atoms with Crippen LogP contribution >= 0.6 is 0 Å². The van der Waals surface area contributed by atoms with Gasteiger partial charge in [0.2, 0.25) is 11.8 Å². The zero-order chi connectivity index (χ0) is 32.2. The van der Waals surface area contributed by atoms with E-state index >= 15 is 0 Å². The molecule has 4 heterocycles. The highest BCUT2D eigenvalue weighted by molar-refractivity contribution is 6.07. The number of amides is 3. The SMILES string of the molecule is CCCn1c(=O)c2c(n(CCNC(C)=O)c1=O)N=C(c1ccc(N(CC3CN(C)C(=O)CO3)C(=O)c3ccc(F)cc3)nc1)C2. The van der Waals surface area contributed by atoms with Crippen molar-refractivity contribution in [2.45, 2.75) is 45.9 Å². The minimum Gasteiger partial charge on any atom is -0.365 e. The molecule has 0 radical (unpaired) electrons. The highest BCUT2D eigenvalue weighted by atomic mass is 19.1. The molecule has 1 aromatic carbocycles. The summed E-state index contributed by atoms with van der Waals surface area (Å²) in [5.41, 5.74) is 0.852. The van der Waals surface area contributed by atoms with Crippen LogP contribution in [-0.2, 0) is 33.8 Å². The van der Waals surface area contributed by atoms with Crippen LogP contribution in [0.25, 0.3) is 0 Å². The number of fused-ring (bicyclic) bond motifs is 1. The van der Waals surface area contributed by atoms with Gasteiger partial charge in [-0.3, -0.25) is 33.2 Å². The topological polar surface area (TPSA) is 148 Å². The third-order valence-corrected chi connectivity index (χ3v) is 7.66. The van der Waals surface area contributed by atoms with Crippen molar-refractivity contribution >= 4 is 35.1 Å². The second-order valence-corrected chi connectivity index (χ2v) is 10.9. The first kappa shape index (κ1) is 31.4. The maximum absolute atomic E-state index is 13.6. The monoisotopic (exact) mass is 619 g/mol. The molecule has 3 amide bonds. The summed E-state index contributed by atoms with van der Waals surface area (Å²) >= 11 is 0. The fourth-order valence-electron chi connectivity index (χ4n) is 5.31. The summed E-state index contributed by atoms with van der Waals surface area (Å²) in [5, 5.41) is 2.67. The number of nitrogens with one attached hydrogen (secondary N) is 1. The zero-order valence-corrected chi connectivity index (χ0v) is 25.3. The van der Waals surface area contributed by atoms with Crippen LogP contribution < -0.4 is 21.5 Å². The second-order valence-electron chi connectivity index (χ2n) is 10.9. The summed E-state index contributed by atoms with van der Waals surface area (Å²) < 4.78 is 21.9. The molecule has 3 aromatic rings. The maximum Gasteiger partial charge on any atom is 0.332 e. The van der Waals surface area contributed by atoms with E-state index in [1.165, 1.54) is 56.3 Å². The molecule has 2 aliphatic rings. The fraction of sp³-hybridized carbons (Fsp3) is 0.387. The number of morpholine rings is 1. The first-order valence-electron chi connectivity index (χ1n) is 14.6. The molecule has 0 aliphatic carbocycles. The van der Waals surface area contributed by atoms with Gasteiger partial charge in [0.25, 0.3) is 11.5 Å². The molecule has 1 saturated heterocycles. The average molecular weight is 620 g/mol. The van der Waals surface area contributed by atoms with Gasteiger partial charge in [0.1, 0.15) is 24.1 Å². The van der Waals surface area contributed by atoms with Crippen molar-refractivity contribution in [2.75, 3.05) is 38.2 Å². The van der Waals surface area contributed by atoms with Crippen LogP contribution in [0.5, 0.6) is 0 Å². The number of carbonyl (C=O) groups is 3. The van der Waals surface area contributed by atoms with Gasteiger partial charge in [0.05, 0.1) is 23.9 Å². The van der Waals surface area contributed by atoms with Crippen LogP contribution in [0.2, 0.25) is 0 Å². The van der Waals surface area contributed by atoms with E-state index in [0.29, 0.717) is 29.1 Å². The smallest absolute Gasteiger partial charge is 0.332 e. The number of rotatable bonds is 10. The summed E-state index contributed by atoms with van der Waals surface area (Å²) in [6, 6.07) is 8.53. The van der Waals surface area contributed by atoms with E-state index in [1.54, 1.807) is 19.2 Å². The molecular weight excluding hydrogens is 585 g/mol. The molecule has 1 fully saturated rings. The van der Waals surface area contributed by atoms with E-state index in [2.05, 4.69) is 15.3 Å². The van der Waals surface area contributed by atoms with E-state index in [1.807, 2.05) is 6.92 Å². The number of carbonyl (C=O) groups excluding carboxylic acids is 3. The molecule has 0 spiro atoms. The predicted molar refractivity (Wildman–Crippen MR) is 164 cm³/mol. The molecule has 45 heavy (non-hydrogen) atoms. The number of aliphatic imine (C=N–C) groups is 1. The lowest BCUT2D eigenvalue weighted by Crippen LogP contribution is -2.50. The van der Waals surface area contributed by atoms with Gasteiger partial charge in [-0.25, -0.2) is 19.2 Å². The van der Waals surface area contributed by atoms with Crippen molar-refractivity contribution < 1.29 is 23.5 Å². The number of nitrogens with zero attached hydrogens (tertiary/aromatic N) is 6. The molecule has 2 aromatic heterocycles. The lowest BCUT2D eigenvalue weighted by Gasteiger charge is -2.33. The molecular formula is C31H34FN7O6. The number of hydrogen-bond acceptors (Lipinski definition) is 8. The number of likely N-dealkylation sites (N-methyl/N-ethyl adjacent to an activating group) is 1. The third-order valence-electron chi connectivity index (χ3n) is 7.66. The Balaban J connectivity index is 1.45. The Kier molecular flexibility index (Phi) is 9.32. The molecule has 1 N–H and O–H groups in total. The van der Waals surface area contributed by atoms with Gasteiger partial charge in [-0.1, -0.05) is 6.92 Å². The number of anilines is 1. The minimum absolute atomic E-state index is 0.0874. The van der Waals surface area contributed by atoms with Crippen LogP contribution in [-0.4, -0.2) is 81.8 Å². The number of halogens is 1. The molecule has 1 atom stereocenters. The Labute approximate surface area is 258 Å². The number of pyridine rings is 1. The summed E-state index contributed by atoms with van der Waals surface area (Å²) in [6.07, 6.45) is 1.82. The largest absolute Gasteiger partial charge is 0.365 e. The van der Waals surface area contributed by atoms with Gasteiger partial charge in [-0.15, -0.1) is 0 Å². The van der Waals surface area contributed by atoms with Crippen LogP contribution in [0, 0.1) is 5.82 Å². The molecule has 5 rings (SSSR count). The van der Waals surface area contributed by atoms with Crippen molar-refractivity contribution in [3.8, 4) is 0 Å². The van der Waals surface area contributed by atoms with Crippen molar-refractivity contribution in [3.05, 3.63) is 85.9 Å². The van der Waals surface area contributed by atoms with Crippen molar-refractivity contribution in [1.29, 1.82) is 0 Å². The molecule has 0 bridgehead atoms. The lowest BCUT2D eigenvalue weighted by molar-refractivity contribution is -0.146. The summed E-state index contributed by atoms with van der Waals surface area (Å²) in [6.45, 7) is 4.10. The minimum atomic E-state index is -0.489. The van der Waals surface area contributed by atoms with E-state index in [9.17, 15) is 28.4 Å². The molecule has 14 heteroatoms. The van der Waals surface area contributed by atoms with E-state index < -0.39 is 29.1 Å². The second kappa shape index (κ2) is 13.3. The third kappa shape index (κ3) is 6.75. The summed E-state index contributed by atoms with van der Waals surface area (Å²) in [7, 11) is 1.66. The fourth-order valence-corrected chi connectivity index (χ4v) is 5.31. The molecule has 0 saturated carbocycles. The number of hydrogen-bond donors (Lipinski definition) is 1. The van der Waals surface area contributed by atoms with E-state index in [4.69, 9.17) is 4.74 Å². The van der Waals surface area contributed by atoms with Crippen molar-refractivity contribution in [1.82, 2.24) is 24.3 Å². The predicted octanol–water partition coefficient (Wildman–Crippen LogP) is 1.27. The molecule has 1 unspecified atom stereocenters. The maximum atomic E-state index is 13.6. The number of aromatic nitrogens is 3. The van der Waals surface area contributed by atoms with Gasteiger partial charge in [-0.05, 0) is 42.8 Å². The van der Waals surface area contributed by atoms with Gasteiger partial charge in [-0.2, -0.15) is 0 Å². The highest BCUT2D eigenvalue weighted by Crippen LogP contribution is 2.26. The zero-order valence-electron chi connectivity index (χ0n) is 25.3. The Morgan fingerprint density at radius 2 is 1.84 bits per heavy atom. The number of benzene rings is 1. The highest BCUT2D eigenvalue weighted by Gasteiger charge is 2.30. The number of ether oxygens (including phenoxy) is 1. The molecule has 13 nitrogen and oxygen atoms in total. The van der Waals surface area contributed by atoms with Gasteiger partial charge >= 0.3 is 5.69 Å². The Morgan fingerprint density at radius 1 is 1.09 bits per heavy atom. The van der Waals surface area contributed by atoms with Crippen molar-refractivity contribution in [3.63, 3.8) is 0 Å². The normalized spacial score (nSPS) is 15.9. The van der Waals surface area contributed by atoms with Crippen LogP contribution in [0.3, 0.4) is 0 Å². The Morgan fingerprint density at radius 3 is 2.49 bits per heavy atom. The van der Waals surface area contributed by atoms with Gasteiger partial charge < -0.3 is 15.0 Å². The Hall–Kier alpha value is -4.98. The standard InChI is InChI=1S/C31H34FN7O6/c1-4-12-38-30(43)24-14-25(35-28(24)37(31(38)44)13-11-33-19(2)40)21-7-10-26(34-15-21)39(17-23-16-36(3)27(41)18-45-23)29(42)20-5-8-22(32)9-6-20/h5-10,15,23H,4,11-14,16-18H2,1-3H3,(H,33,40). The first-order valence-corrected chi connectivity index (χ1v) is 14.6. The van der Waals surface area contributed by atoms with Crippen LogP contribution in [0.15, 0.2) is 57.2 Å². The first-order chi connectivity index (χ1) is 21.6. The molecule has 2 aliphatic heterocycles. The Bertz CT molecular complexity index is 1770. The van der Waals surface area contributed by atoms with Crippen LogP contribution in [0.4, 0.5) is 16.0 Å². The van der Waals surface area contributed by atoms with E-state index in [-0.39, 0.29) is 68.9 Å². The summed E-state index contributed by atoms with van der Waals surface area (Å²) in [5.74, 6) is -0.752. The quantitative estimate of drug-likeness (QED) is 0.359. The van der Waals surface area contributed by atoms with Gasteiger partial charge in [0, 0.05) is 63.9 Å². The molecule has 236 valence electrons. The van der Waals surface area contributed by atoms with Crippen molar-refractivity contribution in [2.24, 2.45) is 4.99 Å². The average Bonchev–Trinajstić information content (AvgIpc) is 3.47. The lowest BCUT2D eigenvalue weighted by atomic mass is 10.1. The summed E-state index contributed by atoms with van der Waals surface area (Å²) in [4.78, 5) is 75.6. The van der Waals surface area contributed by atoms with Crippen LogP contribution in [0.1, 0.15) is 41.8 Å².